The van der Waals surface area contributed by atoms with E-state index in [0.717, 1.165) is 11.1 Å². The fourth-order valence-electron chi connectivity index (χ4n) is 2.25. The molecule has 0 saturated carbocycles. The molecule has 136 valence electrons. The highest BCUT2D eigenvalue weighted by Crippen LogP contribution is 2.21. The Hall–Kier alpha value is -3.01. The summed E-state index contributed by atoms with van der Waals surface area (Å²) >= 11 is 2.26. The first-order valence-electron chi connectivity index (χ1n) is 7.98. The van der Waals surface area contributed by atoms with Crippen LogP contribution in [0.1, 0.15) is 11.1 Å². The fraction of sp³-hybridized carbons (Fsp3) is 0.0526. The number of nitro groups is 1. The number of hydrazone groups is 1. The number of hydrogen-bond donors (Lipinski definition) is 1. The van der Waals surface area contributed by atoms with E-state index in [1.807, 2.05) is 48.5 Å². The van der Waals surface area contributed by atoms with E-state index in [0.29, 0.717) is 12.4 Å². The van der Waals surface area contributed by atoms with Gasteiger partial charge in [-0.25, -0.2) is 4.98 Å². The minimum absolute atomic E-state index is 0.0797. The van der Waals surface area contributed by atoms with E-state index in [-0.39, 0.29) is 11.5 Å². The molecule has 0 unspecified atom stereocenters. The molecular weight excluding hydrogens is 459 g/mol. The number of nitrogens with zero attached hydrogens (tertiary/aromatic N) is 3. The second-order valence-electron chi connectivity index (χ2n) is 5.45. The molecule has 0 aliphatic rings. The highest BCUT2D eigenvalue weighted by Gasteiger charge is 2.13. The second-order valence-corrected chi connectivity index (χ2v) is 6.70. The van der Waals surface area contributed by atoms with Crippen LogP contribution in [0.5, 0.6) is 5.75 Å². The van der Waals surface area contributed by atoms with Crippen molar-refractivity contribution in [3.05, 3.63) is 91.7 Å². The number of rotatable bonds is 7. The summed E-state index contributed by atoms with van der Waals surface area (Å²) in [7, 11) is 0. The summed E-state index contributed by atoms with van der Waals surface area (Å²) in [6, 6.07) is 18.4. The molecule has 0 radical (unpaired) electrons. The second kappa shape index (κ2) is 9.08. The van der Waals surface area contributed by atoms with E-state index < -0.39 is 4.92 Å². The first-order valence-corrected chi connectivity index (χ1v) is 9.06. The summed E-state index contributed by atoms with van der Waals surface area (Å²) in [5.74, 6) is 0.744. The molecule has 0 atom stereocenters. The molecule has 1 N–H and O–H groups in total. The third-order valence-electron chi connectivity index (χ3n) is 3.58. The van der Waals surface area contributed by atoms with Gasteiger partial charge in [-0.15, -0.1) is 0 Å². The quantitative estimate of drug-likeness (QED) is 0.234. The summed E-state index contributed by atoms with van der Waals surface area (Å²) < 4.78 is 7.05. The van der Waals surface area contributed by atoms with E-state index in [1.165, 1.54) is 21.9 Å². The van der Waals surface area contributed by atoms with Crippen molar-refractivity contribution in [1.82, 2.24) is 4.98 Å². The fourth-order valence-corrected chi connectivity index (χ4v) is 2.61. The molecular formula is C19H15IN4O3. The molecule has 0 fully saturated rings. The molecule has 8 heteroatoms. The van der Waals surface area contributed by atoms with Crippen molar-refractivity contribution in [3.8, 4) is 5.75 Å². The maximum Gasteiger partial charge on any atom is 0.313 e. The predicted molar refractivity (Wildman–Crippen MR) is 112 cm³/mol. The Morgan fingerprint density at radius 1 is 1.15 bits per heavy atom. The standard InChI is InChI=1S/C19H15IN4O3/c20-16-9-7-14(8-10-16)13-27-18-6-2-1-4-15(18)12-22-23-19-17(24(25)26)5-3-11-21-19/h1-12H,13H2,(H,21,23). The van der Waals surface area contributed by atoms with Crippen LogP contribution in [-0.2, 0) is 6.61 Å². The Morgan fingerprint density at radius 3 is 2.70 bits per heavy atom. The molecule has 0 bridgehead atoms. The molecule has 1 heterocycles. The van der Waals surface area contributed by atoms with Gasteiger partial charge in [0.1, 0.15) is 12.4 Å². The summed E-state index contributed by atoms with van der Waals surface area (Å²) in [6.07, 6.45) is 3.00. The molecule has 27 heavy (non-hydrogen) atoms. The third kappa shape index (κ3) is 5.23. The van der Waals surface area contributed by atoms with Crippen molar-refractivity contribution in [2.24, 2.45) is 5.10 Å². The maximum absolute atomic E-state index is 11.0. The van der Waals surface area contributed by atoms with E-state index in [2.05, 4.69) is 38.1 Å². The Labute approximate surface area is 169 Å². The number of hydrogen-bond acceptors (Lipinski definition) is 6. The average molecular weight is 474 g/mol. The van der Waals surface area contributed by atoms with Crippen molar-refractivity contribution in [3.63, 3.8) is 0 Å². The Kier molecular flexibility index (Phi) is 6.31. The van der Waals surface area contributed by atoms with Gasteiger partial charge in [0.15, 0.2) is 0 Å². The normalized spacial score (nSPS) is 10.7. The molecule has 1 aromatic heterocycles. The number of ether oxygens (including phenoxy) is 1. The third-order valence-corrected chi connectivity index (χ3v) is 4.30. The van der Waals surface area contributed by atoms with Gasteiger partial charge in [0, 0.05) is 21.4 Å². The monoisotopic (exact) mass is 474 g/mol. The summed E-state index contributed by atoms with van der Waals surface area (Å²) in [6.45, 7) is 0.431. The molecule has 7 nitrogen and oxygen atoms in total. The smallest absolute Gasteiger partial charge is 0.313 e. The highest BCUT2D eigenvalue weighted by atomic mass is 127. The van der Waals surface area contributed by atoms with Crippen LogP contribution >= 0.6 is 22.6 Å². The maximum atomic E-state index is 11.0. The number of aromatic nitrogens is 1. The van der Waals surface area contributed by atoms with Gasteiger partial charge in [-0.1, -0.05) is 24.3 Å². The van der Waals surface area contributed by atoms with Crippen LogP contribution in [0.25, 0.3) is 0 Å². The lowest BCUT2D eigenvalue weighted by atomic mass is 10.2. The summed E-state index contributed by atoms with van der Waals surface area (Å²) in [5, 5.41) is 15.1. The lowest BCUT2D eigenvalue weighted by Gasteiger charge is -2.09. The minimum Gasteiger partial charge on any atom is -0.488 e. The van der Waals surface area contributed by atoms with Gasteiger partial charge in [0.2, 0.25) is 5.82 Å². The average Bonchev–Trinajstić information content (AvgIpc) is 2.69. The molecule has 3 rings (SSSR count). The molecule has 0 spiro atoms. The van der Waals surface area contributed by atoms with E-state index in [1.54, 1.807) is 6.21 Å². The van der Waals surface area contributed by atoms with Crippen LogP contribution in [0, 0.1) is 13.7 Å². The number of anilines is 1. The van der Waals surface area contributed by atoms with Crippen molar-refractivity contribution in [1.29, 1.82) is 0 Å². The van der Waals surface area contributed by atoms with Gasteiger partial charge in [-0.3, -0.25) is 15.5 Å². The molecule has 0 amide bonds. The zero-order valence-corrected chi connectivity index (χ0v) is 16.2. The zero-order chi connectivity index (χ0) is 19.1. The van der Waals surface area contributed by atoms with Gasteiger partial charge >= 0.3 is 5.69 Å². The minimum atomic E-state index is -0.511. The van der Waals surface area contributed by atoms with E-state index in [4.69, 9.17) is 4.74 Å². The zero-order valence-electron chi connectivity index (χ0n) is 14.1. The van der Waals surface area contributed by atoms with Crippen LogP contribution in [0.4, 0.5) is 11.5 Å². The molecule has 0 aliphatic heterocycles. The van der Waals surface area contributed by atoms with Crippen LogP contribution in [-0.4, -0.2) is 16.1 Å². The Balaban J connectivity index is 1.69. The van der Waals surface area contributed by atoms with Crippen LogP contribution in [0.2, 0.25) is 0 Å². The number of pyridine rings is 1. The first-order chi connectivity index (χ1) is 13.1. The lowest BCUT2D eigenvalue weighted by molar-refractivity contribution is -0.384. The molecule has 2 aromatic carbocycles. The van der Waals surface area contributed by atoms with Crippen molar-refractivity contribution in [2.45, 2.75) is 6.61 Å². The van der Waals surface area contributed by atoms with E-state index >= 15 is 0 Å². The van der Waals surface area contributed by atoms with Gasteiger partial charge in [-0.2, -0.15) is 5.10 Å². The van der Waals surface area contributed by atoms with Gasteiger partial charge in [0.25, 0.3) is 0 Å². The van der Waals surface area contributed by atoms with Crippen LogP contribution < -0.4 is 10.2 Å². The largest absolute Gasteiger partial charge is 0.488 e. The topological polar surface area (TPSA) is 89.7 Å². The molecule has 3 aromatic rings. The van der Waals surface area contributed by atoms with Gasteiger partial charge < -0.3 is 4.74 Å². The first kappa shape index (κ1) is 18.8. The summed E-state index contributed by atoms with van der Waals surface area (Å²) in [5.41, 5.74) is 4.27. The van der Waals surface area contributed by atoms with Crippen molar-refractivity contribution < 1.29 is 9.66 Å². The highest BCUT2D eigenvalue weighted by molar-refractivity contribution is 14.1. The van der Waals surface area contributed by atoms with Crippen molar-refractivity contribution in [2.75, 3.05) is 5.43 Å². The molecule has 0 saturated heterocycles. The summed E-state index contributed by atoms with van der Waals surface area (Å²) in [4.78, 5) is 14.4. The Bertz CT molecular complexity index is 961. The predicted octanol–water partition coefficient (Wildman–Crippen LogP) is 4.62. The Morgan fingerprint density at radius 2 is 1.93 bits per heavy atom. The SMILES string of the molecule is O=[N+]([O-])c1cccnc1NN=Cc1ccccc1OCc1ccc(I)cc1. The van der Waals surface area contributed by atoms with Crippen LogP contribution in [0.15, 0.2) is 72.0 Å². The number of nitrogens with one attached hydrogen (secondary N) is 1. The van der Waals surface area contributed by atoms with Crippen LogP contribution in [0.3, 0.4) is 0 Å². The molecule has 0 aliphatic carbocycles. The van der Waals surface area contributed by atoms with E-state index in [9.17, 15) is 10.1 Å². The number of para-hydroxylation sites is 1. The number of halogens is 1. The van der Waals surface area contributed by atoms with Gasteiger partial charge in [0.05, 0.1) is 11.1 Å². The number of benzene rings is 2. The lowest BCUT2D eigenvalue weighted by Crippen LogP contribution is -2.01. The van der Waals surface area contributed by atoms with Crippen molar-refractivity contribution >= 4 is 40.3 Å². The van der Waals surface area contributed by atoms with Gasteiger partial charge in [-0.05, 0) is 58.5 Å².